The van der Waals surface area contributed by atoms with Gasteiger partial charge >= 0.3 is 0 Å². The van der Waals surface area contributed by atoms with Crippen LogP contribution in [0.25, 0.3) is 10.2 Å². The Morgan fingerprint density at radius 3 is 2.92 bits per heavy atom. The van der Waals surface area contributed by atoms with E-state index >= 15 is 0 Å². The van der Waals surface area contributed by atoms with Gasteiger partial charge in [0.25, 0.3) is 5.91 Å². The molecule has 26 heavy (non-hydrogen) atoms. The number of hydrogen-bond donors (Lipinski definition) is 0. The van der Waals surface area contributed by atoms with Gasteiger partial charge in [-0.15, -0.1) is 11.8 Å². The number of aryl methyl sites for hydroxylation is 1. The van der Waals surface area contributed by atoms with Crippen molar-refractivity contribution < 1.29 is 9.59 Å². The molecule has 1 aliphatic rings. The molecule has 2 heterocycles. The maximum atomic E-state index is 12.3. The van der Waals surface area contributed by atoms with Crippen LogP contribution in [0, 0.1) is 0 Å². The molecule has 1 atom stereocenters. The van der Waals surface area contributed by atoms with Gasteiger partial charge in [0.05, 0.1) is 21.7 Å². The maximum absolute atomic E-state index is 12.3. The van der Waals surface area contributed by atoms with Gasteiger partial charge in [0.15, 0.2) is 4.80 Å². The number of thioether (sulfide) groups is 1. The lowest BCUT2D eigenvalue weighted by Crippen LogP contribution is -2.43. The van der Waals surface area contributed by atoms with E-state index in [1.165, 1.54) is 29.5 Å². The zero-order chi connectivity index (χ0) is 18.7. The lowest BCUT2D eigenvalue weighted by molar-refractivity contribution is -0.131. The summed E-state index contributed by atoms with van der Waals surface area (Å²) in [5, 5.41) is 0.665. The Balaban J connectivity index is 1.59. The Morgan fingerprint density at radius 1 is 1.35 bits per heavy atom. The Bertz CT molecular complexity index is 890. The fourth-order valence-electron chi connectivity index (χ4n) is 3.13. The Labute approximate surface area is 166 Å². The number of likely N-dealkylation sites (tertiary alicyclic amines) is 1. The largest absolute Gasteiger partial charge is 0.339 e. The van der Waals surface area contributed by atoms with Crippen LogP contribution in [-0.2, 0) is 16.6 Å². The number of aromatic nitrogens is 1. The van der Waals surface area contributed by atoms with Gasteiger partial charge in [-0.05, 0) is 44.4 Å². The van der Waals surface area contributed by atoms with E-state index in [9.17, 15) is 9.59 Å². The van der Waals surface area contributed by atoms with E-state index in [0.717, 1.165) is 29.6 Å². The lowest BCUT2D eigenvalue weighted by atomic mass is 10.0. The summed E-state index contributed by atoms with van der Waals surface area (Å²) in [6, 6.07) is 5.93. The standard InChI is InChI=1S/C18H22ClN3O2S2/c1-12-5-3-4-8-22(12)17(24)11-25-10-16(23)20-18-21(2)14-7-6-13(19)9-15(14)26-18/h6-7,9,12H,3-5,8,10-11H2,1-2H3/t12-/m0/s1. The summed E-state index contributed by atoms with van der Waals surface area (Å²) in [5.74, 6) is 0.447. The average Bonchev–Trinajstić information content (AvgIpc) is 2.90. The van der Waals surface area contributed by atoms with Gasteiger partial charge in [-0.3, -0.25) is 9.59 Å². The molecular weight excluding hydrogens is 390 g/mol. The molecule has 2 amide bonds. The molecule has 1 aromatic heterocycles. The molecule has 0 aliphatic carbocycles. The summed E-state index contributed by atoms with van der Waals surface area (Å²) in [7, 11) is 1.88. The number of thiazole rings is 1. The highest BCUT2D eigenvalue weighted by Crippen LogP contribution is 2.21. The van der Waals surface area contributed by atoms with E-state index in [0.29, 0.717) is 21.6 Å². The first-order chi connectivity index (χ1) is 12.5. The van der Waals surface area contributed by atoms with Gasteiger partial charge in [0.1, 0.15) is 0 Å². The number of halogens is 1. The molecular formula is C18H22ClN3O2S2. The number of hydrogen-bond acceptors (Lipinski definition) is 4. The molecule has 5 nitrogen and oxygen atoms in total. The number of fused-ring (bicyclic) bond motifs is 1. The van der Waals surface area contributed by atoms with Crippen LogP contribution in [-0.4, -0.2) is 45.4 Å². The van der Waals surface area contributed by atoms with Crippen LogP contribution < -0.4 is 4.80 Å². The van der Waals surface area contributed by atoms with Crippen LogP contribution in [0.4, 0.5) is 0 Å². The molecule has 1 aromatic carbocycles. The third-order valence-corrected chi connectivity index (χ3v) is 6.80. The van der Waals surface area contributed by atoms with Crippen LogP contribution in [0.1, 0.15) is 26.2 Å². The molecule has 0 bridgehead atoms. The quantitative estimate of drug-likeness (QED) is 0.774. The molecule has 1 aliphatic heterocycles. The van der Waals surface area contributed by atoms with E-state index < -0.39 is 0 Å². The minimum Gasteiger partial charge on any atom is -0.339 e. The van der Waals surface area contributed by atoms with Crippen molar-refractivity contribution >= 4 is 56.7 Å². The molecule has 3 rings (SSSR count). The van der Waals surface area contributed by atoms with Crippen molar-refractivity contribution in [3.8, 4) is 0 Å². The first-order valence-electron chi connectivity index (χ1n) is 8.65. The number of nitrogens with zero attached hydrogens (tertiary/aromatic N) is 3. The Morgan fingerprint density at radius 2 is 2.15 bits per heavy atom. The van der Waals surface area contributed by atoms with Gasteiger partial charge in [0.2, 0.25) is 5.91 Å². The summed E-state index contributed by atoms with van der Waals surface area (Å²) < 4.78 is 2.88. The monoisotopic (exact) mass is 411 g/mol. The Hall–Kier alpha value is -1.31. The molecule has 0 unspecified atom stereocenters. The fourth-order valence-corrected chi connectivity index (χ4v) is 5.12. The van der Waals surface area contributed by atoms with Crippen molar-refractivity contribution in [2.24, 2.45) is 12.0 Å². The molecule has 0 radical (unpaired) electrons. The SMILES string of the molecule is C[C@H]1CCCCN1C(=O)CSCC(=O)N=c1sc2cc(Cl)ccc2n1C. The van der Waals surface area contributed by atoms with E-state index in [-0.39, 0.29) is 17.6 Å². The highest BCUT2D eigenvalue weighted by molar-refractivity contribution is 8.00. The van der Waals surface area contributed by atoms with Gasteiger partial charge in [-0.25, -0.2) is 0 Å². The zero-order valence-electron chi connectivity index (χ0n) is 14.9. The van der Waals surface area contributed by atoms with Gasteiger partial charge in [-0.2, -0.15) is 4.99 Å². The van der Waals surface area contributed by atoms with Crippen LogP contribution in [0.15, 0.2) is 23.2 Å². The molecule has 8 heteroatoms. The lowest BCUT2D eigenvalue weighted by Gasteiger charge is -2.33. The van der Waals surface area contributed by atoms with Crippen LogP contribution in [0.3, 0.4) is 0 Å². The number of carbonyl (C=O) groups is 2. The number of rotatable bonds is 4. The van der Waals surface area contributed by atoms with Gasteiger partial charge in [-0.1, -0.05) is 22.9 Å². The van der Waals surface area contributed by atoms with E-state index in [1.54, 1.807) is 0 Å². The van der Waals surface area contributed by atoms with Gasteiger partial charge < -0.3 is 9.47 Å². The minimum absolute atomic E-state index is 0.122. The van der Waals surface area contributed by atoms with Crippen molar-refractivity contribution in [3.63, 3.8) is 0 Å². The molecule has 1 fully saturated rings. The van der Waals surface area contributed by atoms with E-state index in [1.807, 2.05) is 34.7 Å². The first kappa shape index (κ1) is 19.5. The normalized spacial score (nSPS) is 18.5. The topological polar surface area (TPSA) is 54.7 Å². The summed E-state index contributed by atoms with van der Waals surface area (Å²) >= 11 is 8.79. The maximum Gasteiger partial charge on any atom is 0.258 e. The summed E-state index contributed by atoms with van der Waals surface area (Å²) in [6.45, 7) is 2.93. The first-order valence-corrected chi connectivity index (χ1v) is 11.0. The summed E-state index contributed by atoms with van der Waals surface area (Å²) in [6.07, 6.45) is 3.32. The predicted octanol–water partition coefficient (Wildman–Crippen LogP) is 3.45. The molecule has 0 saturated carbocycles. The van der Waals surface area contributed by atoms with Crippen LogP contribution >= 0.6 is 34.7 Å². The second-order valence-corrected chi connectivity index (χ2v) is 8.92. The smallest absolute Gasteiger partial charge is 0.258 e. The van der Waals surface area contributed by atoms with Crippen molar-refractivity contribution in [2.75, 3.05) is 18.1 Å². The highest BCUT2D eigenvalue weighted by atomic mass is 35.5. The number of amides is 2. The molecule has 140 valence electrons. The van der Waals surface area contributed by atoms with Gasteiger partial charge in [0, 0.05) is 24.7 Å². The third kappa shape index (κ3) is 4.50. The predicted molar refractivity (Wildman–Crippen MR) is 109 cm³/mol. The molecule has 1 saturated heterocycles. The molecule has 0 N–H and O–H groups in total. The third-order valence-electron chi connectivity index (χ3n) is 4.57. The number of piperidine rings is 1. The van der Waals surface area contributed by atoms with Crippen LogP contribution in [0.2, 0.25) is 5.02 Å². The number of carbonyl (C=O) groups excluding carboxylic acids is 2. The summed E-state index contributed by atoms with van der Waals surface area (Å²) in [4.78, 5) is 31.3. The average molecular weight is 412 g/mol. The Kier molecular flexibility index (Phi) is 6.42. The summed E-state index contributed by atoms with van der Waals surface area (Å²) in [5.41, 5.74) is 0.993. The molecule has 2 aromatic rings. The number of benzene rings is 1. The second-order valence-electron chi connectivity index (χ2n) is 6.49. The fraction of sp³-hybridized carbons (Fsp3) is 0.500. The highest BCUT2D eigenvalue weighted by Gasteiger charge is 2.22. The zero-order valence-corrected chi connectivity index (χ0v) is 17.3. The van der Waals surface area contributed by atoms with Crippen molar-refractivity contribution in [2.45, 2.75) is 32.2 Å². The van der Waals surface area contributed by atoms with E-state index in [2.05, 4.69) is 11.9 Å². The minimum atomic E-state index is -0.220. The van der Waals surface area contributed by atoms with Crippen LogP contribution in [0.5, 0.6) is 0 Å². The second kappa shape index (κ2) is 8.59. The van der Waals surface area contributed by atoms with Crippen molar-refractivity contribution in [3.05, 3.63) is 28.0 Å². The van der Waals surface area contributed by atoms with E-state index in [4.69, 9.17) is 11.6 Å². The van der Waals surface area contributed by atoms with Crippen molar-refractivity contribution in [1.29, 1.82) is 0 Å². The molecule has 0 spiro atoms. The van der Waals surface area contributed by atoms with Crippen molar-refractivity contribution in [1.82, 2.24) is 9.47 Å².